The standard InChI is InChI=1S/C13H15N7O6S2/c1-26-16-6(11(22)23)2-19-13(15-17-18-19)28-4-5-3-27-10-7(14)9(21)20(10)8(5)12(24)25/h7,10H,2-4,14H2,1H3,(H,22,23)(H,24,25)/b16-6+/t7?,10-/m1/s1. The van der Waals surface area contributed by atoms with Gasteiger partial charge in [0.05, 0.1) is 6.54 Å². The van der Waals surface area contributed by atoms with Crippen molar-refractivity contribution < 1.29 is 29.4 Å². The number of fused-ring (bicyclic) bond motifs is 1. The van der Waals surface area contributed by atoms with Crippen molar-refractivity contribution in [3.63, 3.8) is 0 Å². The summed E-state index contributed by atoms with van der Waals surface area (Å²) < 4.78 is 1.21. The van der Waals surface area contributed by atoms with Gasteiger partial charge in [0, 0.05) is 11.5 Å². The summed E-state index contributed by atoms with van der Waals surface area (Å²) in [6.45, 7) is -0.236. The maximum atomic E-state index is 12.0. The maximum Gasteiger partial charge on any atom is 0.355 e. The van der Waals surface area contributed by atoms with E-state index in [1.807, 2.05) is 0 Å². The predicted molar refractivity (Wildman–Crippen MR) is 96.4 cm³/mol. The molecule has 0 bridgehead atoms. The first-order valence-corrected chi connectivity index (χ1v) is 9.76. The average Bonchev–Trinajstić information content (AvgIpc) is 3.11. The second kappa shape index (κ2) is 8.15. The topological polar surface area (TPSA) is 186 Å². The highest BCUT2D eigenvalue weighted by Gasteiger charge is 2.51. The number of rotatable bonds is 8. The second-order valence-corrected chi connectivity index (χ2v) is 7.67. The Bertz CT molecular complexity index is 884. The van der Waals surface area contributed by atoms with Crippen molar-refractivity contribution in [2.75, 3.05) is 18.6 Å². The zero-order valence-electron chi connectivity index (χ0n) is 14.4. The highest BCUT2D eigenvalue weighted by molar-refractivity contribution is 8.01. The molecule has 3 rings (SSSR count). The fourth-order valence-corrected chi connectivity index (χ4v) is 4.94. The molecule has 15 heteroatoms. The maximum absolute atomic E-state index is 12.0. The van der Waals surface area contributed by atoms with Crippen LogP contribution in [0.25, 0.3) is 0 Å². The number of amides is 1. The first-order valence-electron chi connectivity index (χ1n) is 7.73. The number of hydrogen-bond acceptors (Lipinski definition) is 11. The zero-order chi connectivity index (χ0) is 20.4. The zero-order valence-corrected chi connectivity index (χ0v) is 16.0. The van der Waals surface area contributed by atoms with Crippen LogP contribution in [0.4, 0.5) is 0 Å². The number of carbonyl (C=O) groups excluding carboxylic acids is 1. The lowest BCUT2D eigenvalue weighted by molar-refractivity contribution is -0.147. The van der Waals surface area contributed by atoms with E-state index in [1.54, 1.807) is 0 Å². The Hall–Kier alpha value is -2.65. The van der Waals surface area contributed by atoms with E-state index in [2.05, 4.69) is 25.5 Å². The molecule has 0 aliphatic carbocycles. The van der Waals surface area contributed by atoms with Gasteiger partial charge in [-0.2, -0.15) is 0 Å². The smallest absolute Gasteiger partial charge is 0.355 e. The van der Waals surface area contributed by atoms with Crippen molar-refractivity contribution in [1.82, 2.24) is 25.1 Å². The van der Waals surface area contributed by atoms with E-state index in [9.17, 15) is 19.5 Å². The predicted octanol–water partition coefficient (Wildman–Crippen LogP) is -1.57. The number of carboxylic acids is 2. The number of nitrogens with zero attached hydrogens (tertiary/aromatic N) is 6. The molecule has 0 spiro atoms. The quantitative estimate of drug-likeness (QED) is 0.187. The molecule has 0 radical (unpaired) electrons. The third kappa shape index (κ3) is 3.67. The van der Waals surface area contributed by atoms with Gasteiger partial charge in [-0.1, -0.05) is 16.9 Å². The van der Waals surface area contributed by atoms with Crippen LogP contribution < -0.4 is 5.73 Å². The summed E-state index contributed by atoms with van der Waals surface area (Å²) in [5, 5.41) is 33.0. The van der Waals surface area contributed by atoms with Crippen LogP contribution in [0.15, 0.2) is 21.6 Å². The lowest BCUT2D eigenvalue weighted by atomic mass is 10.0. The number of β-lactam (4-membered cyclic amide) rings is 1. The lowest BCUT2D eigenvalue weighted by Crippen LogP contribution is -2.68. The van der Waals surface area contributed by atoms with E-state index < -0.39 is 23.9 Å². The third-order valence-electron chi connectivity index (χ3n) is 3.91. The van der Waals surface area contributed by atoms with Crippen molar-refractivity contribution in [2.45, 2.75) is 23.1 Å². The van der Waals surface area contributed by atoms with Gasteiger partial charge < -0.3 is 20.8 Å². The summed E-state index contributed by atoms with van der Waals surface area (Å²) in [4.78, 5) is 40.5. The summed E-state index contributed by atoms with van der Waals surface area (Å²) in [7, 11) is 1.22. The Kier molecular flexibility index (Phi) is 5.85. The second-order valence-electron chi connectivity index (χ2n) is 5.63. The van der Waals surface area contributed by atoms with Gasteiger partial charge in [0.2, 0.25) is 11.1 Å². The molecular formula is C13H15N7O6S2. The average molecular weight is 429 g/mol. The third-order valence-corrected chi connectivity index (χ3v) is 6.32. The van der Waals surface area contributed by atoms with E-state index >= 15 is 0 Å². The number of aromatic nitrogens is 4. The van der Waals surface area contributed by atoms with Gasteiger partial charge >= 0.3 is 11.9 Å². The van der Waals surface area contributed by atoms with E-state index in [-0.39, 0.29) is 34.2 Å². The molecule has 1 saturated heterocycles. The van der Waals surface area contributed by atoms with Crippen molar-refractivity contribution in [2.24, 2.45) is 10.9 Å². The fourth-order valence-electron chi connectivity index (χ4n) is 2.63. The van der Waals surface area contributed by atoms with Crippen LogP contribution in [-0.2, 0) is 25.8 Å². The molecule has 2 aliphatic heterocycles. The molecule has 1 unspecified atom stereocenters. The van der Waals surface area contributed by atoms with Gasteiger partial charge in [-0.3, -0.25) is 9.69 Å². The number of aliphatic carboxylic acids is 2. The Morgan fingerprint density at radius 1 is 1.46 bits per heavy atom. The summed E-state index contributed by atoms with van der Waals surface area (Å²) in [6.07, 6.45) is 0. The number of thioether (sulfide) groups is 2. The Labute approximate surface area is 165 Å². The van der Waals surface area contributed by atoms with E-state index in [4.69, 9.17) is 10.8 Å². The number of carboxylic acid groups (broad SMARTS) is 2. The first kappa shape index (κ1) is 20.1. The van der Waals surface area contributed by atoms with Crippen molar-refractivity contribution in [1.29, 1.82) is 0 Å². The molecule has 28 heavy (non-hydrogen) atoms. The minimum Gasteiger partial charge on any atom is -0.477 e. The van der Waals surface area contributed by atoms with Crippen LogP contribution in [0.1, 0.15) is 0 Å². The Morgan fingerprint density at radius 3 is 2.86 bits per heavy atom. The SMILES string of the molecule is CO/N=C(\Cn1nnnc1SCC1=C(C(=O)O)N2C(=O)C(N)[C@H]2SC1)C(=O)O. The number of carbonyl (C=O) groups is 3. The molecular weight excluding hydrogens is 414 g/mol. The molecule has 13 nitrogen and oxygen atoms in total. The van der Waals surface area contributed by atoms with E-state index in [0.29, 0.717) is 11.3 Å². The van der Waals surface area contributed by atoms with Gasteiger partial charge in [-0.15, -0.1) is 16.9 Å². The molecule has 1 aromatic rings. The molecule has 0 saturated carbocycles. The van der Waals surface area contributed by atoms with E-state index in [1.165, 1.54) is 28.5 Å². The minimum atomic E-state index is -1.29. The molecule has 1 amide bonds. The van der Waals surface area contributed by atoms with Crippen molar-refractivity contribution >= 4 is 47.1 Å². The van der Waals surface area contributed by atoms with Crippen LogP contribution >= 0.6 is 23.5 Å². The largest absolute Gasteiger partial charge is 0.477 e. The van der Waals surface area contributed by atoms with Gasteiger partial charge in [0.1, 0.15) is 24.2 Å². The molecule has 1 fully saturated rings. The Balaban J connectivity index is 1.76. The molecule has 2 aliphatic rings. The fraction of sp³-hybridized carbons (Fsp3) is 0.462. The number of oxime groups is 1. The van der Waals surface area contributed by atoms with Crippen molar-refractivity contribution in [3.05, 3.63) is 11.3 Å². The normalized spacial score (nSPS) is 22.0. The van der Waals surface area contributed by atoms with Crippen LogP contribution in [0.3, 0.4) is 0 Å². The molecule has 3 heterocycles. The van der Waals surface area contributed by atoms with E-state index in [0.717, 1.165) is 11.8 Å². The summed E-state index contributed by atoms with van der Waals surface area (Å²) in [6, 6.07) is -0.699. The molecule has 2 atom stereocenters. The summed E-state index contributed by atoms with van der Waals surface area (Å²) in [5.74, 6) is -2.33. The van der Waals surface area contributed by atoms with Gasteiger partial charge in [0.25, 0.3) is 0 Å². The van der Waals surface area contributed by atoms with Gasteiger partial charge in [-0.25, -0.2) is 14.3 Å². The number of hydrogen-bond donors (Lipinski definition) is 3. The van der Waals surface area contributed by atoms with Gasteiger partial charge in [0.15, 0.2) is 5.71 Å². The molecule has 150 valence electrons. The molecule has 4 N–H and O–H groups in total. The monoisotopic (exact) mass is 429 g/mol. The Morgan fingerprint density at radius 2 is 2.21 bits per heavy atom. The summed E-state index contributed by atoms with van der Waals surface area (Å²) >= 11 is 2.51. The molecule has 1 aromatic heterocycles. The van der Waals surface area contributed by atoms with Crippen LogP contribution in [-0.4, -0.2) is 88.9 Å². The molecule has 0 aromatic carbocycles. The minimum absolute atomic E-state index is 0.0749. The first-order chi connectivity index (χ1) is 13.3. The highest BCUT2D eigenvalue weighted by atomic mass is 32.2. The number of tetrazole rings is 1. The van der Waals surface area contributed by atoms with Crippen LogP contribution in [0, 0.1) is 0 Å². The summed E-state index contributed by atoms with van der Waals surface area (Å²) in [5.41, 5.74) is 5.86. The highest BCUT2D eigenvalue weighted by Crippen LogP contribution is 2.40. The van der Waals surface area contributed by atoms with Crippen LogP contribution in [0.2, 0.25) is 0 Å². The lowest BCUT2D eigenvalue weighted by Gasteiger charge is -2.48. The van der Waals surface area contributed by atoms with Crippen molar-refractivity contribution in [3.8, 4) is 0 Å². The van der Waals surface area contributed by atoms with Crippen LogP contribution in [0.5, 0.6) is 0 Å². The number of nitrogens with two attached hydrogens (primary N) is 1. The van der Waals surface area contributed by atoms with Gasteiger partial charge in [-0.05, 0) is 16.0 Å².